The van der Waals surface area contributed by atoms with Crippen LogP contribution in [0.3, 0.4) is 0 Å². The molecule has 0 aliphatic carbocycles. The van der Waals surface area contributed by atoms with Crippen LogP contribution in [0, 0.1) is 41.5 Å². The summed E-state index contributed by atoms with van der Waals surface area (Å²) in [6, 6.07) is 28.6. The molecule has 1 amide bonds. The van der Waals surface area contributed by atoms with Gasteiger partial charge < -0.3 is 15.3 Å². The molecule has 6 aromatic heterocycles. The Balaban J connectivity index is 0.000000171. The average Bonchev–Trinajstić information content (AvgIpc) is 4.10. The Hall–Kier alpha value is -7.22. The first-order chi connectivity index (χ1) is 33.4. The van der Waals surface area contributed by atoms with Crippen molar-refractivity contribution in [2.45, 2.75) is 87.7 Å². The number of aliphatic carboxylic acids is 1. The molecule has 2 aromatic carbocycles. The normalized spacial score (nSPS) is 14.2. The number of nitrogens with zero attached hydrogens (tertiary/aromatic N) is 15. The third kappa shape index (κ3) is 12.3. The molecule has 0 atom stereocenters. The number of aryl methyl sites for hydroxylation is 4. The van der Waals surface area contributed by atoms with Gasteiger partial charge in [-0.15, -0.1) is 30.6 Å². The second-order valence-electron chi connectivity index (χ2n) is 17.6. The molecular weight excluding hydrogens is 885 g/mol. The summed E-state index contributed by atoms with van der Waals surface area (Å²) in [5.74, 6) is 2.19. The zero-order chi connectivity index (χ0) is 48.4. The Morgan fingerprint density at radius 1 is 0.543 bits per heavy atom. The van der Waals surface area contributed by atoms with Gasteiger partial charge in [-0.25, -0.2) is 9.36 Å². The maximum Gasteiger partial charge on any atom is 0.303 e. The van der Waals surface area contributed by atoms with Crippen molar-refractivity contribution in [3.05, 3.63) is 142 Å². The van der Waals surface area contributed by atoms with Crippen molar-refractivity contribution in [3.63, 3.8) is 0 Å². The van der Waals surface area contributed by atoms with Gasteiger partial charge in [-0.2, -0.15) is 19.2 Å². The van der Waals surface area contributed by atoms with Crippen molar-refractivity contribution in [2.24, 2.45) is 0 Å². The Bertz CT molecular complexity index is 2980. The predicted octanol–water partition coefficient (Wildman–Crippen LogP) is 5.49. The number of piperazine rings is 2. The summed E-state index contributed by atoms with van der Waals surface area (Å²) < 4.78 is 6.94. The Morgan fingerprint density at radius 3 is 1.44 bits per heavy atom. The van der Waals surface area contributed by atoms with Crippen molar-refractivity contribution in [1.82, 2.24) is 79.2 Å². The molecule has 19 nitrogen and oxygen atoms in total. The number of carboxylic acid groups (broad SMARTS) is 1. The first kappa shape index (κ1) is 50.7. The Labute approximate surface area is 409 Å². The number of carboxylic acids is 1. The Morgan fingerprint density at radius 2 is 0.986 bits per heavy atom. The van der Waals surface area contributed by atoms with Crippen LogP contribution in [0.1, 0.15) is 76.9 Å². The van der Waals surface area contributed by atoms with E-state index >= 15 is 0 Å². The quantitative estimate of drug-likeness (QED) is 0.156. The molecule has 2 fully saturated rings. The van der Waals surface area contributed by atoms with Gasteiger partial charge >= 0.3 is 5.97 Å². The highest BCUT2D eigenvalue weighted by molar-refractivity contribution is 5.76. The van der Waals surface area contributed by atoms with Crippen molar-refractivity contribution >= 4 is 23.2 Å². The molecule has 368 valence electrons. The maximum atomic E-state index is 12.9. The molecule has 19 heteroatoms. The summed E-state index contributed by atoms with van der Waals surface area (Å²) in [6.45, 7) is 21.6. The van der Waals surface area contributed by atoms with E-state index in [-0.39, 0.29) is 19.8 Å². The van der Waals surface area contributed by atoms with E-state index in [1.807, 2.05) is 81.5 Å². The summed E-state index contributed by atoms with van der Waals surface area (Å²) >= 11 is 0. The van der Waals surface area contributed by atoms with Crippen LogP contribution in [0.15, 0.2) is 84.9 Å². The molecule has 0 saturated carbocycles. The third-order valence-corrected chi connectivity index (χ3v) is 12.7. The van der Waals surface area contributed by atoms with E-state index in [2.05, 4.69) is 105 Å². The van der Waals surface area contributed by atoms with E-state index in [1.165, 1.54) is 24.2 Å². The molecule has 2 aliphatic heterocycles. The summed E-state index contributed by atoms with van der Waals surface area (Å²) in [5, 5.41) is 46.7. The number of nitrogens with one attached hydrogen (secondary N) is 1. The highest BCUT2D eigenvalue weighted by Gasteiger charge is 2.23. The topological polar surface area (TPSA) is 198 Å². The monoisotopic (exact) mass is 951 g/mol. The van der Waals surface area contributed by atoms with Crippen LogP contribution in [0.25, 0.3) is 22.9 Å². The fourth-order valence-corrected chi connectivity index (χ4v) is 8.85. The fraction of sp³-hybridized carbons (Fsp3) is 0.412. The van der Waals surface area contributed by atoms with Crippen LogP contribution < -0.4 is 5.32 Å². The highest BCUT2D eigenvalue weighted by Crippen LogP contribution is 2.21. The molecule has 0 bridgehead atoms. The molecule has 0 spiro atoms. The van der Waals surface area contributed by atoms with Crippen molar-refractivity contribution in [2.75, 3.05) is 52.4 Å². The van der Waals surface area contributed by atoms with Crippen LogP contribution in [0.2, 0.25) is 0 Å². The van der Waals surface area contributed by atoms with Crippen LogP contribution in [-0.4, -0.2) is 143 Å². The summed E-state index contributed by atoms with van der Waals surface area (Å²) in [5.41, 5.74) is 9.84. The van der Waals surface area contributed by atoms with Crippen molar-refractivity contribution < 1.29 is 14.7 Å². The van der Waals surface area contributed by atoms with Gasteiger partial charge in [-0.1, -0.05) is 68.1 Å². The van der Waals surface area contributed by atoms with E-state index in [0.29, 0.717) is 48.0 Å². The number of aromatic nitrogens is 12. The number of carbonyl (C=O) groups excluding carboxylic acids is 1. The lowest BCUT2D eigenvalue weighted by Crippen LogP contribution is -2.48. The second kappa shape index (κ2) is 23.4. The zero-order valence-corrected chi connectivity index (χ0v) is 40.5. The number of hydrogen-bond donors (Lipinski definition) is 2. The lowest BCUT2D eigenvalue weighted by atomic mass is 10.1. The van der Waals surface area contributed by atoms with E-state index in [0.717, 1.165) is 92.1 Å². The first-order valence-electron chi connectivity index (χ1n) is 23.6. The van der Waals surface area contributed by atoms with E-state index in [1.54, 1.807) is 13.7 Å². The molecule has 8 aromatic rings. The number of hydrogen-bond acceptors (Lipinski definition) is 13. The number of fused-ring (bicyclic) bond motifs is 2. The van der Waals surface area contributed by atoms with Gasteiger partial charge in [0.1, 0.15) is 0 Å². The van der Waals surface area contributed by atoms with Crippen molar-refractivity contribution in [1.29, 1.82) is 0 Å². The number of amides is 1. The number of carbonyl (C=O) groups is 2. The van der Waals surface area contributed by atoms with Crippen LogP contribution in [-0.2, 0) is 35.5 Å². The molecule has 2 saturated heterocycles. The zero-order valence-electron chi connectivity index (χ0n) is 40.5. The van der Waals surface area contributed by atoms with Gasteiger partial charge in [0.15, 0.2) is 34.6 Å². The first-order valence-corrected chi connectivity index (χ1v) is 23.6. The van der Waals surface area contributed by atoms with Gasteiger partial charge in [0.05, 0.1) is 11.4 Å². The molecule has 70 heavy (non-hydrogen) atoms. The lowest BCUT2D eigenvalue weighted by molar-refractivity contribution is -0.137. The molecule has 8 heterocycles. The maximum absolute atomic E-state index is 12.9. The molecule has 10 rings (SSSR count). The minimum Gasteiger partial charge on any atom is -0.481 e. The van der Waals surface area contributed by atoms with Crippen LogP contribution >= 0.6 is 0 Å². The molecular formula is C51H66N16O3. The van der Waals surface area contributed by atoms with Gasteiger partial charge in [0.2, 0.25) is 5.91 Å². The van der Waals surface area contributed by atoms with E-state index in [9.17, 15) is 9.59 Å². The molecule has 2 N–H and O–H groups in total. The SMILES string of the molecule is C.Cc1nn(-c2ccc3nnc(C)n3n2)c(C)c1CCC(=O)N1CCN(Cc2ccccc2)CC1.Cc1nn(-c2ccc3nnc(C)n3n2)c(C)c1CCC(=O)O.c1ccc(CN2CCNCC2)cc1. The standard InChI is InChI=1S/C25H30N8O.C14H16N6O2.C11H16N2.CH4/c1-18-22(19(2)32(28-18)24-11-10-23-27-26-20(3)33(23)29-24)9-12-25(34)31-15-13-30(14-16-31)17-21-7-5-4-6-8-21;1-8-11(4-7-14(21)22)9(2)19(17-8)13-6-5-12-16-15-10(3)20(12)18-13;1-2-4-11(5-3-1)10-13-8-6-12-7-9-13;/h4-8,10-11H,9,12-17H2,1-3H3;5-6H,4,7H2,1-3H3,(H,21,22);1-5,12H,6-10H2;1H4. The third-order valence-electron chi connectivity index (χ3n) is 12.7. The van der Waals surface area contributed by atoms with Crippen LogP contribution in [0.5, 0.6) is 0 Å². The predicted molar refractivity (Wildman–Crippen MR) is 268 cm³/mol. The van der Waals surface area contributed by atoms with Gasteiger partial charge in [0, 0.05) is 89.7 Å². The Kier molecular flexibility index (Phi) is 16.9. The number of rotatable bonds is 12. The van der Waals surface area contributed by atoms with Crippen molar-refractivity contribution in [3.8, 4) is 11.6 Å². The summed E-state index contributed by atoms with van der Waals surface area (Å²) in [7, 11) is 0. The summed E-state index contributed by atoms with van der Waals surface area (Å²) in [6.07, 6.45) is 1.71. The molecule has 2 aliphatic rings. The molecule has 0 unspecified atom stereocenters. The van der Waals surface area contributed by atoms with E-state index < -0.39 is 5.97 Å². The minimum atomic E-state index is -0.814. The average molecular weight is 951 g/mol. The minimum absolute atomic E-state index is 0. The van der Waals surface area contributed by atoms with E-state index in [4.69, 9.17) is 10.2 Å². The van der Waals surface area contributed by atoms with Crippen LogP contribution in [0.4, 0.5) is 0 Å². The van der Waals surface area contributed by atoms with Gasteiger partial charge in [-0.3, -0.25) is 19.4 Å². The smallest absolute Gasteiger partial charge is 0.303 e. The molecule has 0 radical (unpaired) electrons. The largest absolute Gasteiger partial charge is 0.481 e. The van der Waals surface area contributed by atoms with Gasteiger partial charge in [-0.05, 0) is 101 Å². The summed E-state index contributed by atoms with van der Waals surface area (Å²) in [4.78, 5) is 30.6. The number of benzene rings is 2. The highest BCUT2D eigenvalue weighted by atomic mass is 16.4. The van der Waals surface area contributed by atoms with Gasteiger partial charge in [0.25, 0.3) is 0 Å². The fourth-order valence-electron chi connectivity index (χ4n) is 8.85. The lowest BCUT2D eigenvalue weighted by Gasteiger charge is -2.34. The second-order valence-corrected chi connectivity index (χ2v) is 17.6.